The first-order valence-corrected chi connectivity index (χ1v) is 21.6. The van der Waals surface area contributed by atoms with E-state index < -0.39 is 23.8 Å². The molecule has 0 radical (unpaired) electrons. The average Bonchev–Trinajstić information content (AvgIpc) is 3.11. The van der Waals surface area contributed by atoms with E-state index >= 15 is 0 Å². The molecule has 6 atom stereocenters. The molecule has 8 heteroatoms. The minimum atomic E-state index is -0.836. The fourth-order valence-electron chi connectivity index (χ4n) is 7.99. The van der Waals surface area contributed by atoms with Crippen molar-refractivity contribution in [2.45, 2.75) is 216 Å². The lowest BCUT2D eigenvalue weighted by Crippen LogP contribution is -2.41. The Morgan fingerprint density at radius 3 is 1.50 bits per heavy atom. The summed E-state index contributed by atoms with van der Waals surface area (Å²) in [6.07, 6.45) is 26.1. The SMILES string of the molecule is CC(=CCCC1(C)CCC([C@H](C)C(=O)O)OO1)CCC1=C(C)CCCC1(C)C.CC(C)=CCCC(C)=CCCC(C)=CCCC1(C)CCC([C@H](C)C(=O)O)OO1. The van der Waals surface area contributed by atoms with E-state index in [0.29, 0.717) is 5.41 Å². The second-order valence-electron chi connectivity index (χ2n) is 18.8. The molecule has 56 heavy (non-hydrogen) atoms. The van der Waals surface area contributed by atoms with Crippen LogP contribution in [0.3, 0.4) is 0 Å². The van der Waals surface area contributed by atoms with Gasteiger partial charge in [-0.1, -0.05) is 71.6 Å². The van der Waals surface area contributed by atoms with E-state index in [1.807, 2.05) is 0 Å². The first kappa shape index (κ1) is 49.6. The number of hydrogen-bond donors (Lipinski definition) is 2. The Bertz CT molecular complexity index is 1390. The van der Waals surface area contributed by atoms with E-state index in [0.717, 1.165) is 83.5 Å². The number of rotatable bonds is 19. The minimum Gasteiger partial charge on any atom is -0.481 e. The van der Waals surface area contributed by atoms with Crippen LogP contribution in [0.1, 0.15) is 192 Å². The summed E-state index contributed by atoms with van der Waals surface area (Å²) in [5, 5.41) is 18.2. The van der Waals surface area contributed by atoms with Gasteiger partial charge in [0.2, 0.25) is 0 Å². The highest BCUT2D eigenvalue weighted by Gasteiger charge is 2.38. The van der Waals surface area contributed by atoms with Crippen LogP contribution in [0, 0.1) is 17.3 Å². The molecule has 4 unspecified atom stereocenters. The Balaban J connectivity index is 0.000000387. The van der Waals surface area contributed by atoms with Gasteiger partial charge < -0.3 is 10.2 Å². The Morgan fingerprint density at radius 2 is 1.11 bits per heavy atom. The zero-order valence-corrected chi connectivity index (χ0v) is 37.5. The molecule has 0 spiro atoms. The second-order valence-corrected chi connectivity index (χ2v) is 18.8. The fraction of sp³-hybridized carbons (Fsp3) is 0.750. The lowest BCUT2D eigenvalue weighted by Gasteiger charge is -2.37. The smallest absolute Gasteiger partial charge is 0.308 e. The molecule has 0 aromatic rings. The largest absolute Gasteiger partial charge is 0.481 e. The molecule has 3 rings (SSSR count). The van der Waals surface area contributed by atoms with Crippen LogP contribution < -0.4 is 0 Å². The van der Waals surface area contributed by atoms with Crippen molar-refractivity contribution in [3.8, 4) is 0 Å². The van der Waals surface area contributed by atoms with Crippen LogP contribution in [-0.2, 0) is 29.1 Å². The third-order valence-corrected chi connectivity index (χ3v) is 12.5. The molecule has 2 saturated heterocycles. The van der Waals surface area contributed by atoms with Gasteiger partial charge in [-0.05, 0) is 184 Å². The van der Waals surface area contributed by atoms with E-state index in [-0.39, 0.29) is 23.4 Å². The van der Waals surface area contributed by atoms with Crippen LogP contribution in [0.2, 0.25) is 0 Å². The summed E-state index contributed by atoms with van der Waals surface area (Å²) >= 11 is 0. The summed E-state index contributed by atoms with van der Waals surface area (Å²) in [5.74, 6) is -2.74. The maximum Gasteiger partial charge on any atom is 0.308 e. The third-order valence-electron chi connectivity index (χ3n) is 12.5. The summed E-state index contributed by atoms with van der Waals surface area (Å²) in [6.45, 7) is 25.5. The van der Waals surface area contributed by atoms with Gasteiger partial charge in [0.05, 0.1) is 11.8 Å². The number of carbonyl (C=O) groups is 2. The summed E-state index contributed by atoms with van der Waals surface area (Å²) < 4.78 is 0. The van der Waals surface area contributed by atoms with Crippen molar-refractivity contribution in [2.75, 3.05) is 0 Å². The molecule has 8 nitrogen and oxygen atoms in total. The monoisotopic (exact) mass is 785 g/mol. The Morgan fingerprint density at radius 1 is 0.679 bits per heavy atom. The van der Waals surface area contributed by atoms with Gasteiger partial charge in [0.15, 0.2) is 0 Å². The van der Waals surface area contributed by atoms with Crippen LogP contribution in [0.5, 0.6) is 0 Å². The molecular formula is C48H80O8. The molecule has 0 aromatic heterocycles. The topological polar surface area (TPSA) is 112 Å². The van der Waals surface area contributed by atoms with Crippen molar-refractivity contribution < 1.29 is 39.4 Å². The van der Waals surface area contributed by atoms with Crippen LogP contribution in [0.15, 0.2) is 57.7 Å². The van der Waals surface area contributed by atoms with Crippen molar-refractivity contribution >= 4 is 11.9 Å². The van der Waals surface area contributed by atoms with Gasteiger partial charge in [-0.3, -0.25) is 9.59 Å². The van der Waals surface area contributed by atoms with Crippen LogP contribution in [-0.4, -0.2) is 45.6 Å². The molecule has 2 fully saturated rings. The molecule has 1 aliphatic carbocycles. The van der Waals surface area contributed by atoms with E-state index in [9.17, 15) is 9.59 Å². The van der Waals surface area contributed by atoms with Gasteiger partial charge in [0.1, 0.15) is 23.4 Å². The first-order chi connectivity index (χ1) is 26.2. The standard InChI is InChI=1S/2C24H40O4/c1-17(11-12-20-18(2)10-8-14-23(20,4)5)9-7-15-24(6)16-13-21(27-28-24)19(3)22(25)26;1-18(2)10-7-11-19(3)12-8-13-20(4)14-9-16-24(6)17-15-22(27-28-24)21(5)23(25)26/h9,19,21H,7-8,10-16H2,1-6H3,(H,25,26);10,12,14,21-22H,7-9,11,13,15-17H2,1-6H3,(H,25,26)/t19-,21?,24?;21-,22?,24?/m00/s1. The van der Waals surface area contributed by atoms with Gasteiger partial charge in [-0.2, -0.15) is 0 Å². The van der Waals surface area contributed by atoms with Crippen molar-refractivity contribution in [3.63, 3.8) is 0 Å². The number of carboxylic acids is 2. The van der Waals surface area contributed by atoms with Crippen LogP contribution >= 0.6 is 0 Å². The van der Waals surface area contributed by atoms with Gasteiger partial charge in [-0.25, -0.2) is 19.6 Å². The second kappa shape index (κ2) is 23.8. The molecule has 0 saturated carbocycles. The van der Waals surface area contributed by atoms with Gasteiger partial charge in [0, 0.05) is 0 Å². The lowest BCUT2D eigenvalue weighted by molar-refractivity contribution is -0.411. The number of carboxylic acid groups (broad SMARTS) is 2. The summed E-state index contributed by atoms with van der Waals surface area (Å²) in [5.41, 5.74) is 8.69. The highest BCUT2D eigenvalue weighted by molar-refractivity contribution is 5.70. The quantitative estimate of drug-likeness (QED) is 0.0984. The Kier molecular flexibility index (Phi) is 21.1. The highest BCUT2D eigenvalue weighted by atomic mass is 17.2. The lowest BCUT2D eigenvalue weighted by atomic mass is 9.71. The number of hydrogen-bond acceptors (Lipinski definition) is 6. The van der Waals surface area contributed by atoms with Crippen molar-refractivity contribution in [2.24, 2.45) is 17.3 Å². The molecule has 2 heterocycles. The maximum absolute atomic E-state index is 11.1. The third kappa shape index (κ3) is 18.0. The molecule has 320 valence electrons. The summed E-state index contributed by atoms with van der Waals surface area (Å²) in [7, 11) is 0. The van der Waals surface area contributed by atoms with E-state index in [1.54, 1.807) is 25.0 Å². The van der Waals surface area contributed by atoms with E-state index in [2.05, 4.69) is 93.5 Å². The Hall–Kier alpha value is -2.52. The van der Waals surface area contributed by atoms with Gasteiger partial charge >= 0.3 is 11.9 Å². The maximum atomic E-state index is 11.1. The van der Waals surface area contributed by atoms with E-state index in [4.69, 9.17) is 29.8 Å². The van der Waals surface area contributed by atoms with Crippen LogP contribution in [0.25, 0.3) is 0 Å². The molecule has 0 aromatic carbocycles. The average molecular weight is 785 g/mol. The van der Waals surface area contributed by atoms with E-state index in [1.165, 1.54) is 48.0 Å². The van der Waals surface area contributed by atoms with Crippen molar-refractivity contribution in [1.82, 2.24) is 0 Å². The molecular weight excluding hydrogens is 705 g/mol. The van der Waals surface area contributed by atoms with Crippen molar-refractivity contribution in [3.05, 3.63) is 57.7 Å². The predicted octanol–water partition coefficient (Wildman–Crippen LogP) is 13.4. The number of aliphatic carboxylic acids is 2. The molecule has 3 aliphatic rings. The van der Waals surface area contributed by atoms with Crippen LogP contribution in [0.4, 0.5) is 0 Å². The summed E-state index contributed by atoms with van der Waals surface area (Å²) in [6, 6.07) is 0. The van der Waals surface area contributed by atoms with Gasteiger partial charge in [0.25, 0.3) is 0 Å². The predicted molar refractivity (Wildman–Crippen MR) is 228 cm³/mol. The molecule has 0 amide bonds. The van der Waals surface area contributed by atoms with Crippen molar-refractivity contribution in [1.29, 1.82) is 0 Å². The molecule has 0 bridgehead atoms. The zero-order chi connectivity index (χ0) is 42.1. The Labute approximate surface area is 341 Å². The molecule has 2 N–H and O–H groups in total. The zero-order valence-electron chi connectivity index (χ0n) is 37.5. The number of allylic oxidation sites excluding steroid dienone is 10. The fourth-order valence-corrected chi connectivity index (χ4v) is 7.99. The minimum absolute atomic E-state index is 0.323. The summed E-state index contributed by atoms with van der Waals surface area (Å²) in [4.78, 5) is 44.2. The van der Waals surface area contributed by atoms with Gasteiger partial charge in [-0.15, -0.1) is 0 Å². The molecule has 2 aliphatic heterocycles. The first-order valence-electron chi connectivity index (χ1n) is 21.6. The highest BCUT2D eigenvalue weighted by Crippen LogP contribution is 2.43. The normalized spacial score (nSPS) is 27.2.